The molecule has 2 N–H and O–H groups in total. The zero-order chi connectivity index (χ0) is 10.6. The van der Waals surface area contributed by atoms with Crippen molar-refractivity contribution in [3.63, 3.8) is 0 Å². The molecule has 0 spiro atoms. The van der Waals surface area contributed by atoms with E-state index in [0.717, 1.165) is 0 Å². The zero-order valence-electron chi connectivity index (χ0n) is 8.25. The highest BCUT2D eigenvalue weighted by molar-refractivity contribution is 5.79. The van der Waals surface area contributed by atoms with Gasteiger partial charge >= 0.3 is 12.1 Å². The maximum Gasteiger partial charge on any atom is 0.408 e. The van der Waals surface area contributed by atoms with E-state index in [1.54, 1.807) is 20.8 Å². The first-order chi connectivity index (χ1) is 5.72. The second-order valence-corrected chi connectivity index (χ2v) is 3.71. The first-order valence-corrected chi connectivity index (χ1v) is 3.94. The van der Waals surface area contributed by atoms with E-state index in [1.807, 2.05) is 0 Å². The molecular weight excluding hydrogens is 177 g/mol. The fourth-order valence-electron chi connectivity index (χ4n) is 0.546. The third-order valence-corrected chi connectivity index (χ3v) is 1.10. The van der Waals surface area contributed by atoms with E-state index >= 15 is 0 Å². The summed E-state index contributed by atoms with van der Waals surface area (Å²) in [6.07, 6.45) is -0.720. The zero-order valence-corrected chi connectivity index (χ0v) is 8.25. The summed E-state index contributed by atoms with van der Waals surface area (Å²) in [6.45, 7) is 6.49. The summed E-state index contributed by atoms with van der Waals surface area (Å²) in [6, 6.07) is -0.935. The molecule has 1 amide bonds. The number of hydrogen-bond donors (Lipinski definition) is 2. The van der Waals surface area contributed by atoms with Crippen LogP contribution in [0.25, 0.3) is 0 Å². The van der Waals surface area contributed by atoms with Gasteiger partial charge in [-0.1, -0.05) is 0 Å². The molecule has 0 rings (SSSR count). The topological polar surface area (TPSA) is 75.6 Å². The average Bonchev–Trinajstić information content (AvgIpc) is 1.81. The van der Waals surface area contributed by atoms with Gasteiger partial charge in [-0.15, -0.1) is 0 Å². The Labute approximate surface area is 77.1 Å². The molecule has 76 valence electrons. The molecule has 0 heterocycles. The van der Waals surface area contributed by atoms with Crippen molar-refractivity contribution in [3.8, 4) is 0 Å². The van der Waals surface area contributed by atoms with Gasteiger partial charge in [0.15, 0.2) is 0 Å². The number of carboxylic acid groups (broad SMARTS) is 1. The van der Waals surface area contributed by atoms with E-state index in [-0.39, 0.29) is 0 Å². The van der Waals surface area contributed by atoms with Crippen molar-refractivity contribution >= 4 is 12.1 Å². The van der Waals surface area contributed by atoms with Gasteiger partial charge in [0, 0.05) is 0 Å². The Hall–Kier alpha value is -1.26. The Bertz CT molecular complexity index is 207. The number of alkyl carbamates (subject to hydrolysis) is 1. The summed E-state index contributed by atoms with van der Waals surface area (Å²) in [5, 5.41) is 10.6. The lowest BCUT2D eigenvalue weighted by molar-refractivity contribution is -0.139. The Balaban J connectivity index is 3.96. The van der Waals surface area contributed by atoms with Crippen molar-refractivity contribution in [2.45, 2.75) is 39.3 Å². The summed E-state index contributed by atoms with van der Waals surface area (Å²) in [7, 11) is 0. The molecule has 0 aromatic rings. The van der Waals surface area contributed by atoms with Gasteiger partial charge in [-0.2, -0.15) is 0 Å². The quantitative estimate of drug-likeness (QED) is 0.505. The van der Waals surface area contributed by atoms with E-state index in [9.17, 15) is 9.59 Å². The van der Waals surface area contributed by atoms with Crippen LogP contribution in [-0.4, -0.2) is 28.8 Å². The number of ether oxygens (including phenoxy) is 1. The standard InChI is InChI=1S/C8H15NO4/c1-5(6(10)11)9-7(12)13-8(2,3)4/h5H,1-4H3,(H,9,12)(H,10,11)/t5-/m0/s1/i5+1,6+1,9+1. The summed E-state index contributed by atoms with van der Waals surface area (Å²) >= 11 is 0. The minimum atomic E-state index is -1.09. The number of carbonyl (C=O) groups excluding carboxylic acids is 1. The molecule has 5 heteroatoms. The molecular formula is C8H15NO4. The smallest absolute Gasteiger partial charge is 0.408 e. The van der Waals surface area contributed by atoms with Crippen molar-refractivity contribution in [1.82, 2.24) is 5.32 Å². The van der Waals surface area contributed by atoms with Crippen LogP contribution in [0, 0.1) is 0 Å². The first kappa shape index (κ1) is 11.7. The molecule has 0 saturated carbocycles. The second kappa shape index (κ2) is 4.11. The highest BCUT2D eigenvalue weighted by Crippen LogP contribution is 2.06. The van der Waals surface area contributed by atoms with Crippen LogP contribution < -0.4 is 5.32 Å². The van der Waals surface area contributed by atoms with Gasteiger partial charge in [-0.3, -0.25) is 4.79 Å². The van der Waals surface area contributed by atoms with Crippen molar-refractivity contribution < 1.29 is 19.4 Å². The second-order valence-electron chi connectivity index (χ2n) is 3.71. The lowest BCUT2D eigenvalue weighted by Gasteiger charge is -2.20. The Morgan fingerprint density at radius 3 is 2.15 bits per heavy atom. The molecule has 0 aliphatic heterocycles. The highest BCUT2D eigenvalue weighted by Gasteiger charge is 2.20. The van der Waals surface area contributed by atoms with E-state index in [0.29, 0.717) is 0 Å². The normalized spacial score (nSPS) is 13.2. The van der Waals surface area contributed by atoms with E-state index in [2.05, 4.69) is 5.32 Å². The lowest BCUT2D eigenvalue weighted by Crippen LogP contribution is -2.41. The average molecular weight is 192 g/mol. The number of carboxylic acids is 1. The summed E-state index contributed by atoms with van der Waals surface area (Å²) < 4.78 is 4.85. The predicted octanol–water partition coefficient (Wildman–Crippen LogP) is 0.984. The van der Waals surface area contributed by atoms with Gasteiger partial charge in [-0.05, 0) is 27.7 Å². The van der Waals surface area contributed by atoms with Crippen LogP contribution in [0.3, 0.4) is 0 Å². The minimum absolute atomic E-state index is 0.609. The maximum absolute atomic E-state index is 11.0. The Morgan fingerprint density at radius 1 is 1.38 bits per heavy atom. The predicted molar refractivity (Wildman–Crippen MR) is 46.5 cm³/mol. The lowest BCUT2D eigenvalue weighted by atomic mass is 10.2. The van der Waals surface area contributed by atoms with Crippen LogP contribution in [0.2, 0.25) is 0 Å². The SMILES string of the molecule is C[13C@H]([15NH]C(=O)OC(C)(C)C)[13C](=O)O. The Morgan fingerprint density at radius 2 is 1.85 bits per heavy atom. The maximum atomic E-state index is 11.0. The van der Waals surface area contributed by atoms with Gasteiger partial charge in [0.1, 0.15) is 11.6 Å². The molecule has 1 atom stereocenters. The molecule has 5 nitrogen and oxygen atoms in total. The van der Waals surface area contributed by atoms with Crippen molar-refractivity contribution in [2.24, 2.45) is 0 Å². The minimum Gasteiger partial charge on any atom is -0.480 e. The number of aliphatic carboxylic acids is 1. The third-order valence-electron chi connectivity index (χ3n) is 1.10. The van der Waals surface area contributed by atoms with Crippen LogP contribution in [0.5, 0.6) is 0 Å². The van der Waals surface area contributed by atoms with Crippen LogP contribution >= 0.6 is 0 Å². The number of amides is 1. The summed E-state index contributed by atoms with van der Waals surface area (Å²) in [5.41, 5.74) is -0.609. The van der Waals surface area contributed by atoms with E-state index < -0.39 is 23.7 Å². The molecule has 0 aromatic carbocycles. The van der Waals surface area contributed by atoms with Crippen LogP contribution in [0.15, 0.2) is 0 Å². The first-order valence-electron chi connectivity index (χ1n) is 3.94. The van der Waals surface area contributed by atoms with Crippen LogP contribution in [-0.2, 0) is 9.53 Å². The van der Waals surface area contributed by atoms with Crippen molar-refractivity contribution in [1.29, 1.82) is 0 Å². The monoisotopic (exact) mass is 192 g/mol. The van der Waals surface area contributed by atoms with Gasteiger partial charge in [0.05, 0.1) is 0 Å². The van der Waals surface area contributed by atoms with Crippen molar-refractivity contribution in [3.05, 3.63) is 0 Å². The number of nitrogens with one attached hydrogen (secondary N) is 1. The third kappa shape index (κ3) is 5.95. The molecule has 0 bridgehead atoms. The van der Waals surface area contributed by atoms with Gasteiger partial charge < -0.3 is 15.2 Å². The van der Waals surface area contributed by atoms with Gasteiger partial charge in [-0.25, -0.2) is 4.79 Å². The molecule has 0 aromatic heterocycles. The fourth-order valence-corrected chi connectivity index (χ4v) is 0.546. The number of carbonyl (C=O) groups is 2. The van der Waals surface area contributed by atoms with E-state index in [4.69, 9.17) is 9.84 Å². The highest BCUT2D eigenvalue weighted by atomic mass is 16.6. The fraction of sp³-hybridized carbons (Fsp3) is 0.750. The molecule has 0 aliphatic rings. The summed E-state index contributed by atoms with van der Waals surface area (Å²) in [4.78, 5) is 21.3. The molecule has 0 aliphatic carbocycles. The van der Waals surface area contributed by atoms with Crippen LogP contribution in [0.1, 0.15) is 27.7 Å². The molecule has 0 radical (unpaired) electrons. The molecule has 13 heavy (non-hydrogen) atoms. The van der Waals surface area contributed by atoms with Crippen molar-refractivity contribution in [2.75, 3.05) is 0 Å². The number of rotatable bonds is 2. The molecule has 0 unspecified atom stereocenters. The van der Waals surface area contributed by atoms with Gasteiger partial charge in [0.25, 0.3) is 0 Å². The molecule has 0 saturated heterocycles. The van der Waals surface area contributed by atoms with Gasteiger partial charge in [0.2, 0.25) is 0 Å². The molecule has 0 fully saturated rings. The Kier molecular flexibility index (Phi) is 3.71. The summed E-state index contributed by atoms with van der Waals surface area (Å²) in [5.74, 6) is -1.09. The number of hydrogen-bond acceptors (Lipinski definition) is 3. The largest absolute Gasteiger partial charge is 0.480 e. The van der Waals surface area contributed by atoms with Crippen LogP contribution in [0.4, 0.5) is 4.79 Å². The van der Waals surface area contributed by atoms with E-state index in [1.165, 1.54) is 6.92 Å².